The molecule has 0 saturated carbocycles. The number of halogens is 1. The van der Waals surface area contributed by atoms with Gasteiger partial charge in [0.2, 0.25) is 0 Å². The quantitative estimate of drug-likeness (QED) is 0.877. The summed E-state index contributed by atoms with van der Waals surface area (Å²) >= 11 is 0. The first-order valence-corrected chi connectivity index (χ1v) is 7.95. The molecule has 0 atom stereocenters. The summed E-state index contributed by atoms with van der Waals surface area (Å²) in [6, 6.07) is 8.47. The van der Waals surface area contributed by atoms with E-state index in [4.69, 9.17) is 0 Å². The number of carbonyl (C=O) groups is 2. The molecule has 1 aromatic heterocycles. The van der Waals surface area contributed by atoms with Gasteiger partial charge in [-0.3, -0.25) is 14.4 Å². The maximum atomic E-state index is 13.8. The molecule has 7 nitrogen and oxygen atoms in total. The zero-order valence-corrected chi connectivity index (χ0v) is 13.4. The van der Waals surface area contributed by atoms with Crippen LogP contribution in [0, 0.1) is 5.82 Å². The van der Waals surface area contributed by atoms with E-state index in [0.29, 0.717) is 32.6 Å². The number of H-pyrrole nitrogens is 1. The minimum atomic E-state index is -0.554. The Morgan fingerprint density at radius 2 is 1.64 bits per heavy atom. The van der Waals surface area contributed by atoms with Crippen LogP contribution in [0.2, 0.25) is 0 Å². The lowest BCUT2D eigenvalue weighted by Gasteiger charge is -2.22. The molecule has 1 N–H and O–H groups in total. The fourth-order valence-electron chi connectivity index (χ4n) is 2.75. The second-order valence-electron chi connectivity index (χ2n) is 5.72. The highest BCUT2D eigenvalue weighted by Gasteiger charge is 2.25. The van der Waals surface area contributed by atoms with Gasteiger partial charge in [-0.25, -0.2) is 9.49 Å². The highest BCUT2D eigenvalue weighted by molar-refractivity contribution is 5.95. The first-order chi connectivity index (χ1) is 12.1. The van der Waals surface area contributed by atoms with Gasteiger partial charge < -0.3 is 9.80 Å². The summed E-state index contributed by atoms with van der Waals surface area (Å²) in [6.07, 6.45) is 0.579. The SMILES string of the molecule is O=C(c1ccc(=O)[nH]n1)N1CCCN(C(=O)c2ccccc2F)CC1. The van der Waals surface area contributed by atoms with Crippen LogP contribution >= 0.6 is 0 Å². The number of hydrogen-bond acceptors (Lipinski definition) is 4. The second-order valence-corrected chi connectivity index (χ2v) is 5.72. The van der Waals surface area contributed by atoms with Crippen LogP contribution < -0.4 is 5.56 Å². The first kappa shape index (κ1) is 16.8. The summed E-state index contributed by atoms with van der Waals surface area (Å²) in [4.78, 5) is 39.1. The summed E-state index contributed by atoms with van der Waals surface area (Å²) in [6.45, 7) is 1.53. The van der Waals surface area contributed by atoms with Gasteiger partial charge in [-0.05, 0) is 24.6 Å². The van der Waals surface area contributed by atoms with Crippen LogP contribution in [0.1, 0.15) is 27.3 Å². The normalized spacial score (nSPS) is 14.9. The van der Waals surface area contributed by atoms with Gasteiger partial charge in [0, 0.05) is 32.2 Å². The maximum absolute atomic E-state index is 13.8. The smallest absolute Gasteiger partial charge is 0.274 e. The molecule has 3 rings (SSSR count). The Balaban J connectivity index is 1.69. The van der Waals surface area contributed by atoms with E-state index in [1.165, 1.54) is 30.3 Å². The van der Waals surface area contributed by atoms with Crippen LogP contribution in [0.15, 0.2) is 41.2 Å². The van der Waals surface area contributed by atoms with Gasteiger partial charge in [-0.15, -0.1) is 0 Å². The molecule has 1 aliphatic heterocycles. The Morgan fingerprint density at radius 3 is 2.28 bits per heavy atom. The third kappa shape index (κ3) is 3.73. The van der Waals surface area contributed by atoms with Crippen molar-refractivity contribution >= 4 is 11.8 Å². The molecule has 130 valence electrons. The predicted molar refractivity (Wildman–Crippen MR) is 87.7 cm³/mol. The van der Waals surface area contributed by atoms with Gasteiger partial charge >= 0.3 is 0 Å². The van der Waals surface area contributed by atoms with E-state index in [2.05, 4.69) is 10.2 Å². The number of hydrogen-bond donors (Lipinski definition) is 1. The molecule has 0 radical (unpaired) electrons. The zero-order chi connectivity index (χ0) is 17.8. The van der Waals surface area contributed by atoms with Gasteiger partial charge in [-0.2, -0.15) is 5.10 Å². The van der Waals surface area contributed by atoms with E-state index in [-0.39, 0.29) is 28.6 Å². The second kappa shape index (κ2) is 7.25. The average molecular weight is 344 g/mol. The summed E-state index contributed by atoms with van der Waals surface area (Å²) in [5.41, 5.74) is -0.202. The van der Waals surface area contributed by atoms with Crippen molar-refractivity contribution in [3.63, 3.8) is 0 Å². The number of amides is 2. The lowest BCUT2D eigenvalue weighted by molar-refractivity contribution is 0.0712. The van der Waals surface area contributed by atoms with Crippen molar-refractivity contribution in [1.29, 1.82) is 0 Å². The third-order valence-corrected chi connectivity index (χ3v) is 4.07. The molecule has 1 saturated heterocycles. The lowest BCUT2D eigenvalue weighted by Crippen LogP contribution is -2.38. The monoisotopic (exact) mass is 344 g/mol. The number of aromatic amines is 1. The molecule has 2 amide bonds. The minimum absolute atomic E-state index is 0.0320. The lowest BCUT2D eigenvalue weighted by atomic mass is 10.2. The van der Waals surface area contributed by atoms with Crippen LogP contribution in [0.3, 0.4) is 0 Å². The number of carbonyl (C=O) groups excluding carboxylic acids is 2. The number of nitrogens with zero attached hydrogens (tertiary/aromatic N) is 3. The van der Waals surface area contributed by atoms with Crippen LogP contribution in [-0.2, 0) is 0 Å². The summed E-state index contributed by atoms with van der Waals surface area (Å²) < 4.78 is 13.8. The molecule has 0 aliphatic carbocycles. The predicted octanol–water partition coefficient (Wildman–Crippen LogP) is 0.897. The number of aromatic nitrogens is 2. The van der Waals surface area contributed by atoms with Gasteiger partial charge in [-0.1, -0.05) is 12.1 Å². The van der Waals surface area contributed by atoms with Crippen LogP contribution in [-0.4, -0.2) is 58.0 Å². The van der Waals surface area contributed by atoms with Crippen molar-refractivity contribution in [1.82, 2.24) is 20.0 Å². The third-order valence-electron chi connectivity index (χ3n) is 4.07. The number of nitrogens with one attached hydrogen (secondary N) is 1. The molecule has 2 aromatic rings. The Morgan fingerprint density at radius 1 is 0.960 bits per heavy atom. The summed E-state index contributed by atoms with van der Waals surface area (Å²) in [7, 11) is 0. The molecule has 0 bridgehead atoms. The summed E-state index contributed by atoms with van der Waals surface area (Å²) in [5, 5.41) is 5.97. The van der Waals surface area contributed by atoms with E-state index < -0.39 is 5.82 Å². The molecule has 1 aromatic carbocycles. The van der Waals surface area contributed by atoms with Crippen molar-refractivity contribution in [2.75, 3.05) is 26.2 Å². The molecule has 0 unspecified atom stereocenters. The standard InChI is InChI=1S/C17H17FN4O3/c18-13-5-2-1-4-12(13)16(24)21-8-3-9-22(11-10-21)17(25)14-6-7-15(23)20-19-14/h1-2,4-7H,3,8-11H2,(H,20,23). The first-order valence-electron chi connectivity index (χ1n) is 7.95. The molecule has 2 heterocycles. The van der Waals surface area contributed by atoms with E-state index >= 15 is 0 Å². The van der Waals surface area contributed by atoms with E-state index in [1.807, 2.05) is 0 Å². The summed E-state index contributed by atoms with van der Waals surface area (Å²) in [5.74, 6) is -1.24. The van der Waals surface area contributed by atoms with Crippen LogP contribution in [0.5, 0.6) is 0 Å². The number of benzene rings is 1. The highest BCUT2D eigenvalue weighted by Crippen LogP contribution is 2.13. The topological polar surface area (TPSA) is 86.4 Å². The van der Waals surface area contributed by atoms with E-state index in [9.17, 15) is 18.8 Å². The Hall–Kier alpha value is -3.03. The Kier molecular flexibility index (Phi) is 4.87. The van der Waals surface area contributed by atoms with Crippen molar-refractivity contribution in [3.8, 4) is 0 Å². The van der Waals surface area contributed by atoms with Crippen molar-refractivity contribution < 1.29 is 14.0 Å². The molecule has 0 spiro atoms. The van der Waals surface area contributed by atoms with Crippen molar-refractivity contribution in [3.05, 3.63) is 63.8 Å². The number of rotatable bonds is 2. The highest BCUT2D eigenvalue weighted by atomic mass is 19.1. The average Bonchev–Trinajstić information content (AvgIpc) is 2.88. The molecule has 1 aliphatic rings. The van der Waals surface area contributed by atoms with E-state index in [1.54, 1.807) is 15.9 Å². The fourth-order valence-corrected chi connectivity index (χ4v) is 2.75. The van der Waals surface area contributed by atoms with Gasteiger partial charge in [0.1, 0.15) is 11.5 Å². The maximum Gasteiger partial charge on any atom is 0.274 e. The Bertz CT molecular complexity index is 831. The largest absolute Gasteiger partial charge is 0.337 e. The minimum Gasteiger partial charge on any atom is -0.337 e. The zero-order valence-electron chi connectivity index (χ0n) is 13.4. The molecule has 1 fully saturated rings. The van der Waals surface area contributed by atoms with Crippen LogP contribution in [0.4, 0.5) is 4.39 Å². The van der Waals surface area contributed by atoms with E-state index in [0.717, 1.165) is 0 Å². The van der Waals surface area contributed by atoms with Crippen molar-refractivity contribution in [2.45, 2.75) is 6.42 Å². The van der Waals surface area contributed by atoms with Gasteiger partial charge in [0.25, 0.3) is 17.4 Å². The molecule has 25 heavy (non-hydrogen) atoms. The molecular weight excluding hydrogens is 327 g/mol. The van der Waals surface area contributed by atoms with Gasteiger partial charge in [0.15, 0.2) is 0 Å². The van der Waals surface area contributed by atoms with Gasteiger partial charge in [0.05, 0.1) is 5.56 Å². The Labute approximate surface area is 143 Å². The molecule has 8 heteroatoms. The van der Waals surface area contributed by atoms with Crippen LogP contribution in [0.25, 0.3) is 0 Å². The fraction of sp³-hybridized carbons (Fsp3) is 0.294. The molecular formula is C17H17FN4O3. The van der Waals surface area contributed by atoms with Crippen molar-refractivity contribution in [2.24, 2.45) is 0 Å².